The number of benzene rings is 1. The summed E-state index contributed by atoms with van der Waals surface area (Å²) in [5.41, 5.74) is 7.89. The number of rotatable bonds is 3. The zero-order valence-corrected chi connectivity index (χ0v) is 12.3. The molecule has 5 heteroatoms. The average Bonchev–Trinajstić information content (AvgIpc) is 3.01. The van der Waals surface area contributed by atoms with E-state index in [0.29, 0.717) is 6.42 Å². The molecule has 1 unspecified atom stereocenters. The van der Waals surface area contributed by atoms with Crippen LogP contribution in [0.1, 0.15) is 19.3 Å². The van der Waals surface area contributed by atoms with E-state index in [0.717, 1.165) is 57.0 Å². The third kappa shape index (κ3) is 3.29. The van der Waals surface area contributed by atoms with Crippen LogP contribution in [-0.4, -0.2) is 49.7 Å². The minimum Gasteiger partial charge on any atom is -0.397 e. The zero-order valence-electron chi connectivity index (χ0n) is 12.3. The van der Waals surface area contributed by atoms with Gasteiger partial charge in [-0.3, -0.25) is 4.79 Å². The third-order valence-corrected chi connectivity index (χ3v) is 4.34. The number of nitrogens with zero attached hydrogens (tertiary/aromatic N) is 2. The van der Waals surface area contributed by atoms with Crippen molar-refractivity contribution in [1.29, 1.82) is 0 Å². The van der Waals surface area contributed by atoms with Gasteiger partial charge >= 0.3 is 0 Å². The lowest BCUT2D eigenvalue weighted by atomic mass is 10.1. The fourth-order valence-electron chi connectivity index (χ4n) is 3.10. The lowest BCUT2D eigenvalue weighted by molar-refractivity contribution is -0.133. The molecule has 0 bridgehead atoms. The lowest BCUT2D eigenvalue weighted by Crippen LogP contribution is -2.49. The number of carbonyl (C=O) groups excluding carboxylic acids is 1. The molecule has 2 fully saturated rings. The van der Waals surface area contributed by atoms with E-state index in [2.05, 4.69) is 4.90 Å². The molecule has 0 spiro atoms. The molecule has 1 atom stereocenters. The van der Waals surface area contributed by atoms with Crippen LogP contribution < -0.4 is 10.6 Å². The molecule has 1 aromatic carbocycles. The fraction of sp³-hybridized carbons (Fsp3) is 0.562. The first-order valence-corrected chi connectivity index (χ1v) is 7.73. The van der Waals surface area contributed by atoms with Crippen molar-refractivity contribution in [2.75, 3.05) is 43.4 Å². The molecule has 1 aromatic rings. The Hall–Kier alpha value is -1.75. The van der Waals surface area contributed by atoms with Gasteiger partial charge in [0.1, 0.15) is 0 Å². The number of para-hydroxylation sites is 2. The summed E-state index contributed by atoms with van der Waals surface area (Å²) in [4.78, 5) is 16.5. The summed E-state index contributed by atoms with van der Waals surface area (Å²) >= 11 is 0. The molecule has 2 aliphatic rings. The second-order valence-electron chi connectivity index (χ2n) is 5.77. The maximum Gasteiger partial charge on any atom is 0.225 e. The van der Waals surface area contributed by atoms with Gasteiger partial charge in [0.15, 0.2) is 0 Å². The molecule has 2 saturated heterocycles. The Bertz CT molecular complexity index is 492. The molecule has 0 saturated carbocycles. The number of anilines is 2. The number of amides is 1. The van der Waals surface area contributed by atoms with Gasteiger partial charge in [-0.15, -0.1) is 0 Å². The van der Waals surface area contributed by atoms with E-state index in [1.54, 1.807) is 0 Å². The van der Waals surface area contributed by atoms with Gasteiger partial charge < -0.3 is 20.3 Å². The van der Waals surface area contributed by atoms with Crippen LogP contribution in [-0.2, 0) is 9.53 Å². The second kappa shape index (κ2) is 6.35. The highest BCUT2D eigenvalue weighted by Gasteiger charge is 2.26. The van der Waals surface area contributed by atoms with Crippen LogP contribution in [0.5, 0.6) is 0 Å². The molecule has 1 amide bonds. The number of nitrogens with two attached hydrogens (primary N) is 1. The predicted molar refractivity (Wildman–Crippen MR) is 83.2 cm³/mol. The minimum absolute atomic E-state index is 0.139. The molecule has 0 aliphatic carbocycles. The molecular formula is C16H23N3O2. The van der Waals surface area contributed by atoms with E-state index < -0.39 is 0 Å². The van der Waals surface area contributed by atoms with Crippen molar-refractivity contribution in [3.63, 3.8) is 0 Å². The first-order chi connectivity index (χ1) is 10.2. The molecule has 2 heterocycles. The molecule has 21 heavy (non-hydrogen) atoms. The van der Waals surface area contributed by atoms with Crippen LogP contribution in [0.4, 0.5) is 11.4 Å². The number of hydrogen-bond acceptors (Lipinski definition) is 4. The smallest absolute Gasteiger partial charge is 0.225 e. The van der Waals surface area contributed by atoms with Crippen molar-refractivity contribution in [1.82, 2.24) is 4.90 Å². The molecule has 0 radical (unpaired) electrons. The first-order valence-electron chi connectivity index (χ1n) is 7.73. The van der Waals surface area contributed by atoms with Crippen molar-refractivity contribution in [2.24, 2.45) is 0 Å². The number of carbonyl (C=O) groups is 1. The predicted octanol–water partition coefficient (Wildman–Crippen LogP) is 1.49. The van der Waals surface area contributed by atoms with Gasteiger partial charge in [-0.05, 0) is 25.0 Å². The van der Waals surface area contributed by atoms with E-state index in [1.165, 1.54) is 0 Å². The highest BCUT2D eigenvalue weighted by molar-refractivity contribution is 5.77. The van der Waals surface area contributed by atoms with Gasteiger partial charge in [-0.25, -0.2) is 0 Å². The van der Waals surface area contributed by atoms with Crippen LogP contribution in [0.15, 0.2) is 24.3 Å². The molecule has 114 valence electrons. The highest BCUT2D eigenvalue weighted by Crippen LogP contribution is 2.24. The Labute approximate surface area is 125 Å². The van der Waals surface area contributed by atoms with E-state index >= 15 is 0 Å². The normalized spacial score (nSPS) is 22.6. The summed E-state index contributed by atoms with van der Waals surface area (Å²) in [5, 5.41) is 0. The maximum atomic E-state index is 12.3. The van der Waals surface area contributed by atoms with E-state index in [9.17, 15) is 4.79 Å². The number of piperazine rings is 1. The summed E-state index contributed by atoms with van der Waals surface area (Å²) in [6, 6.07) is 7.91. The van der Waals surface area contributed by atoms with Crippen LogP contribution >= 0.6 is 0 Å². The van der Waals surface area contributed by atoms with E-state index in [-0.39, 0.29) is 12.0 Å². The van der Waals surface area contributed by atoms with Crippen molar-refractivity contribution < 1.29 is 9.53 Å². The van der Waals surface area contributed by atoms with Crippen LogP contribution in [0.25, 0.3) is 0 Å². The Morgan fingerprint density at radius 2 is 2.00 bits per heavy atom. The van der Waals surface area contributed by atoms with Crippen molar-refractivity contribution in [3.8, 4) is 0 Å². The second-order valence-corrected chi connectivity index (χ2v) is 5.77. The standard InChI is InChI=1S/C16H23N3O2/c17-14-5-1-2-6-15(14)18-7-9-19(10-8-18)16(20)12-13-4-3-11-21-13/h1-2,5-6,13H,3-4,7-12,17H2. The number of hydrogen-bond donors (Lipinski definition) is 1. The molecule has 0 aromatic heterocycles. The summed E-state index contributed by atoms with van der Waals surface area (Å²) in [6.45, 7) is 4.01. The molecular weight excluding hydrogens is 266 g/mol. The topological polar surface area (TPSA) is 58.8 Å². The lowest BCUT2D eigenvalue weighted by Gasteiger charge is -2.37. The third-order valence-electron chi connectivity index (χ3n) is 4.34. The zero-order chi connectivity index (χ0) is 14.7. The summed E-state index contributed by atoms with van der Waals surface area (Å²) < 4.78 is 5.55. The quantitative estimate of drug-likeness (QED) is 0.857. The average molecular weight is 289 g/mol. The van der Waals surface area contributed by atoms with Crippen LogP contribution in [0, 0.1) is 0 Å². The minimum atomic E-state index is 0.139. The molecule has 2 aliphatic heterocycles. The summed E-state index contributed by atoms with van der Waals surface area (Å²) in [7, 11) is 0. The maximum absolute atomic E-state index is 12.3. The van der Waals surface area contributed by atoms with Gasteiger partial charge in [0.25, 0.3) is 0 Å². The van der Waals surface area contributed by atoms with Crippen LogP contribution in [0.3, 0.4) is 0 Å². The molecule has 2 N–H and O–H groups in total. The van der Waals surface area contributed by atoms with E-state index in [1.807, 2.05) is 29.2 Å². The van der Waals surface area contributed by atoms with Crippen molar-refractivity contribution >= 4 is 17.3 Å². The summed E-state index contributed by atoms with van der Waals surface area (Å²) in [6.07, 6.45) is 2.78. The Morgan fingerprint density at radius 1 is 1.24 bits per heavy atom. The summed E-state index contributed by atoms with van der Waals surface area (Å²) in [5.74, 6) is 0.225. The van der Waals surface area contributed by atoms with Gasteiger partial charge in [-0.2, -0.15) is 0 Å². The fourth-order valence-corrected chi connectivity index (χ4v) is 3.10. The Balaban J connectivity index is 1.52. The van der Waals surface area contributed by atoms with Gasteiger partial charge in [-0.1, -0.05) is 12.1 Å². The van der Waals surface area contributed by atoms with Gasteiger partial charge in [0, 0.05) is 32.8 Å². The van der Waals surface area contributed by atoms with Gasteiger partial charge in [0.2, 0.25) is 5.91 Å². The van der Waals surface area contributed by atoms with Gasteiger partial charge in [0.05, 0.1) is 23.9 Å². The van der Waals surface area contributed by atoms with E-state index in [4.69, 9.17) is 10.5 Å². The number of nitrogen functional groups attached to an aromatic ring is 1. The van der Waals surface area contributed by atoms with Crippen molar-refractivity contribution in [3.05, 3.63) is 24.3 Å². The van der Waals surface area contributed by atoms with Crippen LogP contribution in [0.2, 0.25) is 0 Å². The number of ether oxygens (including phenoxy) is 1. The SMILES string of the molecule is Nc1ccccc1N1CCN(C(=O)CC2CCCO2)CC1. The van der Waals surface area contributed by atoms with Crippen molar-refractivity contribution in [2.45, 2.75) is 25.4 Å². The largest absolute Gasteiger partial charge is 0.397 e. The first kappa shape index (κ1) is 14.2. The Kier molecular flexibility index (Phi) is 4.29. The monoisotopic (exact) mass is 289 g/mol. The Morgan fingerprint density at radius 3 is 2.67 bits per heavy atom. The molecule has 5 nitrogen and oxygen atoms in total. The molecule has 3 rings (SSSR count). The highest BCUT2D eigenvalue weighted by atomic mass is 16.5.